The second kappa shape index (κ2) is 7.95. The molecule has 1 aromatic carbocycles. The van der Waals surface area contributed by atoms with E-state index in [1.54, 1.807) is 26.8 Å². The van der Waals surface area contributed by atoms with Crippen molar-refractivity contribution in [1.29, 1.82) is 5.26 Å². The van der Waals surface area contributed by atoms with Crippen LogP contribution in [0.1, 0.15) is 32.8 Å². The van der Waals surface area contributed by atoms with Gasteiger partial charge in [0, 0.05) is 24.3 Å². The van der Waals surface area contributed by atoms with E-state index in [1.165, 1.54) is 17.0 Å². The lowest BCUT2D eigenvalue weighted by Crippen LogP contribution is -2.47. The molecule has 138 valence electrons. The van der Waals surface area contributed by atoms with E-state index in [-0.39, 0.29) is 17.5 Å². The van der Waals surface area contributed by atoms with E-state index in [0.29, 0.717) is 18.7 Å². The monoisotopic (exact) mass is 360 g/mol. The average molecular weight is 360 g/mol. The highest BCUT2D eigenvalue weighted by atomic mass is 19.1. The average Bonchev–Trinajstić information content (AvgIpc) is 2.96. The first-order chi connectivity index (χ1) is 12.2. The zero-order valence-corrected chi connectivity index (χ0v) is 14.9. The summed E-state index contributed by atoms with van der Waals surface area (Å²) >= 11 is 0. The fourth-order valence-electron chi connectivity index (χ4n) is 2.95. The fraction of sp³-hybridized carbons (Fsp3) is 0.444. The predicted molar refractivity (Wildman–Crippen MR) is 92.3 cm³/mol. The summed E-state index contributed by atoms with van der Waals surface area (Å²) in [6.45, 7) is 5.53. The highest BCUT2D eigenvalue weighted by Crippen LogP contribution is 2.26. The molecule has 1 aliphatic rings. The first-order valence-corrected chi connectivity index (χ1v) is 8.36. The molecular weight excluding hydrogens is 339 g/mol. The van der Waals surface area contributed by atoms with Crippen LogP contribution >= 0.6 is 0 Å². The summed E-state index contributed by atoms with van der Waals surface area (Å²) in [5.41, 5.74) is 0.145. The Morgan fingerprint density at radius 3 is 2.65 bits per heavy atom. The van der Waals surface area contributed by atoms with E-state index >= 15 is 0 Å². The number of nitrogens with one attached hydrogen (secondary N) is 2. The van der Waals surface area contributed by atoms with Crippen molar-refractivity contribution in [3.63, 3.8) is 0 Å². The van der Waals surface area contributed by atoms with Gasteiger partial charge >= 0.3 is 11.8 Å². The highest BCUT2D eigenvalue weighted by Gasteiger charge is 2.40. The summed E-state index contributed by atoms with van der Waals surface area (Å²) in [6.07, 6.45) is 0.417. The SMILES string of the molecule is CC(C)NC(=O)C(=O)N1CCC(C(=O)Nc2ccc(F)c(C#N)c2)C1C. The largest absolute Gasteiger partial charge is 0.346 e. The van der Waals surface area contributed by atoms with Crippen LogP contribution in [0, 0.1) is 23.1 Å². The maximum atomic E-state index is 13.4. The van der Waals surface area contributed by atoms with Crippen molar-refractivity contribution in [3.05, 3.63) is 29.6 Å². The highest BCUT2D eigenvalue weighted by molar-refractivity contribution is 6.35. The van der Waals surface area contributed by atoms with E-state index in [2.05, 4.69) is 10.6 Å². The van der Waals surface area contributed by atoms with E-state index < -0.39 is 29.6 Å². The van der Waals surface area contributed by atoms with Gasteiger partial charge in [0.25, 0.3) is 0 Å². The minimum atomic E-state index is -0.690. The van der Waals surface area contributed by atoms with Gasteiger partial charge in [-0.3, -0.25) is 14.4 Å². The molecule has 0 aromatic heterocycles. The molecule has 2 atom stereocenters. The zero-order chi connectivity index (χ0) is 19.4. The number of amides is 3. The second-order valence-electron chi connectivity index (χ2n) is 6.56. The molecule has 1 fully saturated rings. The van der Waals surface area contributed by atoms with Crippen molar-refractivity contribution in [2.24, 2.45) is 5.92 Å². The van der Waals surface area contributed by atoms with Crippen molar-refractivity contribution >= 4 is 23.4 Å². The molecule has 8 heteroatoms. The van der Waals surface area contributed by atoms with Crippen molar-refractivity contribution in [2.45, 2.75) is 39.3 Å². The van der Waals surface area contributed by atoms with Gasteiger partial charge in [-0.2, -0.15) is 5.26 Å². The summed E-state index contributed by atoms with van der Waals surface area (Å²) in [4.78, 5) is 38.0. The number of carbonyl (C=O) groups excluding carboxylic acids is 3. The van der Waals surface area contributed by atoms with Gasteiger partial charge in [0.2, 0.25) is 5.91 Å². The van der Waals surface area contributed by atoms with Crippen LogP contribution < -0.4 is 10.6 Å². The Morgan fingerprint density at radius 1 is 1.35 bits per heavy atom. The first kappa shape index (κ1) is 19.4. The van der Waals surface area contributed by atoms with Gasteiger partial charge in [-0.25, -0.2) is 4.39 Å². The molecule has 0 radical (unpaired) electrons. The third-order valence-electron chi connectivity index (χ3n) is 4.32. The molecule has 1 aromatic rings. The van der Waals surface area contributed by atoms with Crippen molar-refractivity contribution in [1.82, 2.24) is 10.2 Å². The van der Waals surface area contributed by atoms with Crippen LogP contribution in [0.2, 0.25) is 0 Å². The molecule has 7 nitrogen and oxygen atoms in total. The maximum absolute atomic E-state index is 13.4. The molecule has 2 N–H and O–H groups in total. The number of benzene rings is 1. The molecule has 0 spiro atoms. The molecule has 0 aliphatic carbocycles. The number of hydrogen-bond acceptors (Lipinski definition) is 4. The summed E-state index contributed by atoms with van der Waals surface area (Å²) in [5, 5.41) is 14.0. The molecular formula is C18H21FN4O3. The fourth-order valence-corrected chi connectivity index (χ4v) is 2.95. The molecule has 2 rings (SSSR count). The van der Waals surface area contributed by atoms with Crippen molar-refractivity contribution < 1.29 is 18.8 Å². The molecule has 26 heavy (non-hydrogen) atoms. The Hall–Kier alpha value is -2.95. The standard InChI is InChI=1S/C18H21FN4O3/c1-10(2)21-17(25)18(26)23-7-6-14(11(23)3)16(24)22-13-4-5-15(19)12(8-13)9-20/h4-5,8,10-11,14H,6-7H2,1-3H3,(H,21,25)(H,22,24). The van der Waals surface area contributed by atoms with Crippen LogP contribution in [0.3, 0.4) is 0 Å². The molecule has 1 heterocycles. The maximum Gasteiger partial charge on any atom is 0.312 e. The lowest BCUT2D eigenvalue weighted by Gasteiger charge is -2.24. The van der Waals surface area contributed by atoms with E-state index in [1.807, 2.05) is 0 Å². The molecule has 1 aliphatic heterocycles. The lowest BCUT2D eigenvalue weighted by molar-refractivity contribution is -0.146. The second-order valence-corrected chi connectivity index (χ2v) is 6.56. The van der Waals surface area contributed by atoms with Crippen molar-refractivity contribution in [3.8, 4) is 6.07 Å². The topological polar surface area (TPSA) is 102 Å². The van der Waals surface area contributed by atoms with Gasteiger partial charge in [-0.15, -0.1) is 0 Å². The summed E-state index contributed by atoms with van der Waals surface area (Å²) in [6, 6.07) is 4.84. The zero-order valence-electron chi connectivity index (χ0n) is 14.9. The van der Waals surface area contributed by atoms with E-state index in [0.717, 1.165) is 6.07 Å². The van der Waals surface area contributed by atoms with Gasteiger partial charge in [0.05, 0.1) is 11.5 Å². The van der Waals surface area contributed by atoms with Gasteiger partial charge in [-0.05, 0) is 45.4 Å². The summed E-state index contributed by atoms with van der Waals surface area (Å²) < 4.78 is 13.4. The number of carbonyl (C=O) groups is 3. The Balaban J connectivity index is 2.04. The van der Waals surface area contributed by atoms with Crippen LogP contribution in [0.4, 0.5) is 10.1 Å². The van der Waals surface area contributed by atoms with Crippen LogP contribution in [0.15, 0.2) is 18.2 Å². The molecule has 0 bridgehead atoms. The number of likely N-dealkylation sites (tertiary alicyclic amines) is 1. The molecule has 3 amide bonds. The molecule has 1 saturated heterocycles. The third kappa shape index (κ3) is 4.17. The minimum Gasteiger partial charge on any atom is -0.346 e. The Labute approximate surface area is 151 Å². The summed E-state index contributed by atoms with van der Waals surface area (Å²) in [5.74, 6) is -2.85. The van der Waals surface area contributed by atoms with Gasteiger partial charge in [-0.1, -0.05) is 0 Å². The van der Waals surface area contributed by atoms with E-state index in [4.69, 9.17) is 5.26 Å². The number of hydrogen-bond donors (Lipinski definition) is 2. The number of rotatable bonds is 3. The van der Waals surface area contributed by atoms with Crippen LogP contribution in [0.25, 0.3) is 0 Å². The third-order valence-corrected chi connectivity index (χ3v) is 4.32. The van der Waals surface area contributed by atoms with Gasteiger partial charge < -0.3 is 15.5 Å². The number of anilines is 1. The number of halogens is 1. The quantitative estimate of drug-likeness (QED) is 0.795. The van der Waals surface area contributed by atoms with Crippen LogP contribution in [-0.4, -0.2) is 41.2 Å². The van der Waals surface area contributed by atoms with Crippen LogP contribution in [-0.2, 0) is 14.4 Å². The number of nitriles is 1. The smallest absolute Gasteiger partial charge is 0.312 e. The van der Waals surface area contributed by atoms with E-state index in [9.17, 15) is 18.8 Å². The predicted octanol–water partition coefficient (Wildman–Crippen LogP) is 1.40. The summed E-state index contributed by atoms with van der Waals surface area (Å²) in [7, 11) is 0. The normalized spacial score (nSPS) is 19.2. The Kier molecular flexibility index (Phi) is 5.93. The van der Waals surface area contributed by atoms with Gasteiger partial charge in [0.15, 0.2) is 0 Å². The minimum absolute atomic E-state index is 0.156. The van der Waals surface area contributed by atoms with Crippen LogP contribution in [0.5, 0.6) is 0 Å². The lowest BCUT2D eigenvalue weighted by atomic mass is 10.0. The number of nitrogens with zero attached hydrogens (tertiary/aromatic N) is 2. The first-order valence-electron chi connectivity index (χ1n) is 8.36. The molecule has 2 unspecified atom stereocenters. The Bertz CT molecular complexity index is 772. The Morgan fingerprint density at radius 2 is 2.04 bits per heavy atom. The van der Waals surface area contributed by atoms with Gasteiger partial charge in [0.1, 0.15) is 11.9 Å². The van der Waals surface area contributed by atoms with Crippen molar-refractivity contribution in [2.75, 3.05) is 11.9 Å². The molecule has 0 saturated carbocycles.